The Hall–Kier alpha value is -5.82. The molecule has 2 fully saturated rings. The van der Waals surface area contributed by atoms with Crippen molar-refractivity contribution in [1.29, 1.82) is 0 Å². The van der Waals surface area contributed by atoms with E-state index >= 15 is 33.6 Å². The quantitative estimate of drug-likeness (QED) is 0.118. The number of nitrogens with zero attached hydrogens (tertiary/aromatic N) is 9. The molecule has 2 bridgehead atoms. The van der Waals surface area contributed by atoms with Crippen molar-refractivity contribution in [2.24, 2.45) is 35.5 Å². The van der Waals surface area contributed by atoms with Crippen molar-refractivity contribution >= 4 is 76.7 Å². The van der Waals surface area contributed by atoms with Crippen LogP contribution in [0.4, 0.5) is 0 Å². The molecular formula is C70H126N12O12S. The molecule has 0 aromatic rings. The summed E-state index contributed by atoms with van der Waals surface area (Å²) in [5, 5.41) is 20.9. The van der Waals surface area contributed by atoms with E-state index < -0.39 is 166 Å². The Bertz CT molecular complexity index is 2650. The fourth-order valence-electron chi connectivity index (χ4n) is 13.0. The van der Waals surface area contributed by atoms with E-state index in [0.29, 0.717) is 13.0 Å². The summed E-state index contributed by atoms with van der Waals surface area (Å²) in [5.74, 6) is -9.23. The Morgan fingerprint density at radius 1 is 0.537 bits per heavy atom. The fraction of sp³-hybridized carbons (Fsp3) is 0.814. The zero-order chi connectivity index (χ0) is 73.3. The van der Waals surface area contributed by atoms with Crippen LogP contribution in [0.15, 0.2) is 12.2 Å². The Morgan fingerprint density at radius 3 is 1.47 bits per heavy atom. The van der Waals surface area contributed by atoms with E-state index in [0.717, 1.165) is 18.0 Å². The Balaban J connectivity index is 3.14. The number of fused-ring (bicyclic) bond motifs is 2. The smallest absolute Gasteiger partial charge is 0.246 e. The molecule has 0 aliphatic carbocycles. The number of rotatable bonds is 20. The monoisotopic (exact) mass is 1360 g/mol. The highest BCUT2D eigenvalue weighted by molar-refractivity contribution is 8.00. The predicted molar refractivity (Wildman–Crippen MR) is 375 cm³/mol. The van der Waals surface area contributed by atoms with Gasteiger partial charge in [0.2, 0.25) is 65.0 Å². The van der Waals surface area contributed by atoms with Crippen molar-refractivity contribution in [3.05, 3.63) is 12.2 Å². The van der Waals surface area contributed by atoms with Crippen LogP contribution in [-0.4, -0.2) is 272 Å². The highest BCUT2D eigenvalue weighted by Gasteiger charge is 2.49. The number of hydrogen-bond donors (Lipinski definition) is 4. The van der Waals surface area contributed by atoms with Gasteiger partial charge in [0.1, 0.15) is 66.5 Å². The van der Waals surface area contributed by atoms with Crippen molar-refractivity contribution in [3.8, 4) is 0 Å². The normalized spacial score (nSPS) is 27.7. The molecule has 0 spiro atoms. The molecule has 2 heterocycles. The molecule has 2 rings (SSSR count). The lowest BCUT2D eigenvalue weighted by atomic mass is 9.91. The molecule has 95 heavy (non-hydrogen) atoms. The standard InChI is InChI=1S/C70H126N12O12S/c1-28-32-33-45(15)58(83)57-61(86)72-49(29-2)63(88)78(25)54(38-95-70(19,20)39-81(30-3)31-4)66(91)74(21)50(34-40(5)6)60(85)73-55(43(11)12)68(93)77(24)53-37-46(16)82(67(53)92)48(18)59(84)71-47(17)62(87)75(22)51(35-41(7)8)64(89)76(23)52(36-42(9)10)65(90)79(26)56(44(13)14)69(94)80(57)27/h28,32,40-58,83H,29-31,33-39H2,1-27H3,(H,71,84)(H,72,86)(H,73,85)/t45-,46?,47+,48-,49-,50+,51-,52-,53-,54-,55-,56-,57-,58-/m1/s1. The SMILES string of the molecule is CC=CC[C@@H](C)[C@@H](O)[C@@H]1C(=O)N[C@H](CC)C(=O)N(C)[C@H](CSC(C)(C)CN(CC)CC)C(=O)N(C)[C@@H](CC(C)C)C(=O)N[C@H](C(C)C)C(=O)N(C)[C@@H]2CC(C)N(C2=O)[C@H](C)C(=O)N[C@@H](C)C(=O)N(C)[C@H](CC(C)C)C(=O)N(C)[C@H](CC(C)C)C(=O)N(C)[C@H](C(C)C)C(=O)N1C. The lowest BCUT2D eigenvalue weighted by molar-refractivity contribution is -0.157. The van der Waals surface area contributed by atoms with E-state index in [2.05, 4.69) is 48.5 Å². The molecule has 0 aromatic heterocycles. The highest BCUT2D eigenvalue weighted by Crippen LogP contribution is 2.31. The molecule has 14 atom stereocenters. The van der Waals surface area contributed by atoms with Crippen LogP contribution in [0.3, 0.4) is 0 Å². The van der Waals surface area contributed by atoms with E-state index in [9.17, 15) is 24.3 Å². The van der Waals surface area contributed by atoms with Crippen molar-refractivity contribution in [2.75, 3.05) is 74.7 Å². The Labute approximate surface area is 574 Å². The average molecular weight is 1360 g/mol. The van der Waals surface area contributed by atoms with Gasteiger partial charge in [0.15, 0.2) is 0 Å². The molecule has 2 aliphatic rings. The van der Waals surface area contributed by atoms with Crippen molar-refractivity contribution in [1.82, 2.24) is 60.0 Å². The van der Waals surface area contributed by atoms with Gasteiger partial charge in [0, 0.05) is 72.4 Å². The van der Waals surface area contributed by atoms with Crippen LogP contribution in [0.5, 0.6) is 0 Å². The van der Waals surface area contributed by atoms with Gasteiger partial charge in [0.25, 0.3) is 0 Å². The first-order chi connectivity index (χ1) is 43.9. The lowest BCUT2D eigenvalue weighted by Crippen LogP contribution is -2.64. The Morgan fingerprint density at radius 2 is 1.00 bits per heavy atom. The zero-order valence-corrected chi connectivity index (χ0v) is 63.9. The lowest BCUT2D eigenvalue weighted by Gasteiger charge is -2.42. The molecule has 2 aliphatic heterocycles. The van der Waals surface area contributed by atoms with Crippen molar-refractivity contribution in [3.63, 3.8) is 0 Å². The average Bonchev–Trinajstić information content (AvgIpc) is 1.78. The van der Waals surface area contributed by atoms with Crippen LogP contribution in [0.25, 0.3) is 0 Å². The summed E-state index contributed by atoms with van der Waals surface area (Å²) in [5.41, 5.74) is 0. The number of thioether (sulfide) groups is 1. The summed E-state index contributed by atoms with van der Waals surface area (Å²) < 4.78 is -0.462. The third-order valence-corrected chi connectivity index (χ3v) is 20.5. The van der Waals surface area contributed by atoms with Gasteiger partial charge >= 0.3 is 0 Å². The minimum absolute atomic E-state index is 0.00603. The molecule has 24 nitrogen and oxygen atoms in total. The summed E-state index contributed by atoms with van der Waals surface area (Å²) in [7, 11) is 10.2. The maximum atomic E-state index is 15.6. The first kappa shape index (κ1) is 85.3. The summed E-state index contributed by atoms with van der Waals surface area (Å²) >= 11 is 1.47. The topological polar surface area (TPSA) is 273 Å². The van der Waals surface area contributed by atoms with Gasteiger partial charge in [0.05, 0.1) is 6.10 Å². The van der Waals surface area contributed by atoms with E-state index in [4.69, 9.17) is 0 Å². The summed E-state index contributed by atoms with van der Waals surface area (Å²) in [6, 6.07) is -14.1. The number of aliphatic hydroxyl groups is 1. The molecule has 544 valence electrons. The van der Waals surface area contributed by atoms with Gasteiger partial charge in [-0.25, -0.2) is 0 Å². The minimum Gasteiger partial charge on any atom is -0.390 e. The minimum atomic E-state index is -1.64. The van der Waals surface area contributed by atoms with Crippen molar-refractivity contribution in [2.45, 2.75) is 260 Å². The molecule has 0 aromatic carbocycles. The first-order valence-corrected chi connectivity index (χ1v) is 35.7. The molecule has 1 unspecified atom stereocenters. The molecular weight excluding hydrogens is 1230 g/mol. The number of carbonyl (C=O) groups is 11. The van der Waals surface area contributed by atoms with Gasteiger partial charge in [-0.1, -0.05) is 109 Å². The number of nitrogens with one attached hydrogen (secondary N) is 3. The number of hydrogen-bond acceptors (Lipinski definition) is 14. The van der Waals surface area contributed by atoms with Crippen molar-refractivity contribution < 1.29 is 57.8 Å². The number of amides is 11. The maximum Gasteiger partial charge on any atom is 0.246 e. The second-order valence-corrected chi connectivity index (χ2v) is 31.2. The van der Waals surface area contributed by atoms with Gasteiger partial charge in [-0.05, 0) is 129 Å². The van der Waals surface area contributed by atoms with E-state index in [1.807, 2.05) is 54.5 Å². The summed E-state index contributed by atoms with van der Waals surface area (Å²) in [6.45, 7) is 38.7. The molecule has 25 heteroatoms. The second-order valence-electron chi connectivity index (χ2n) is 29.5. The predicted octanol–water partition coefficient (Wildman–Crippen LogP) is 4.95. The number of likely N-dealkylation sites (N-methyl/N-ethyl adjacent to an activating group) is 7. The maximum absolute atomic E-state index is 15.6. The van der Waals surface area contributed by atoms with E-state index in [1.54, 1.807) is 54.5 Å². The van der Waals surface area contributed by atoms with Crippen LogP contribution in [0.1, 0.15) is 177 Å². The largest absolute Gasteiger partial charge is 0.390 e. The molecule has 0 radical (unpaired) electrons. The van der Waals surface area contributed by atoms with Gasteiger partial charge in [-0.3, -0.25) is 52.7 Å². The third-order valence-electron chi connectivity index (χ3n) is 19.1. The van der Waals surface area contributed by atoms with Crippen LogP contribution in [0.2, 0.25) is 0 Å². The van der Waals surface area contributed by atoms with E-state index in [1.165, 1.54) is 109 Å². The second kappa shape index (κ2) is 37.8. The fourth-order valence-corrected chi connectivity index (χ4v) is 14.3. The number of allylic oxidation sites excluding steroid dienone is 2. The van der Waals surface area contributed by atoms with Crippen LogP contribution in [-0.2, 0) is 52.7 Å². The van der Waals surface area contributed by atoms with Gasteiger partial charge < -0.3 is 65.2 Å². The van der Waals surface area contributed by atoms with Gasteiger partial charge in [-0.15, -0.1) is 0 Å². The molecule has 11 amide bonds. The number of aliphatic hydroxyl groups excluding tert-OH is 1. The Kier molecular flexibility index (Phi) is 33.9. The van der Waals surface area contributed by atoms with Crippen LogP contribution >= 0.6 is 11.8 Å². The van der Waals surface area contributed by atoms with E-state index in [-0.39, 0.29) is 55.6 Å². The highest BCUT2D eigenvalue weighted by atomic mass is 32.2. The summed E-state index contributed by atoms with van der Waals surface area (Å²) in [6.07, 6.45) is 2.99. The molecule has 2 saturated heterocycles. The summed E-state index contributed by atoms with van der Waals surface area (Å²) in [4.78, 5) is 178. The van der Waals surface area contributed by atoms with Gasteiger partial charge in [-0.2, -0.15) is 11.8 Å². The van der Waals surface area contributed by atoms with Crippen LogP contribution < -0.4 is 16.0 Å². The third kappa shape index (κ3) is 22.3. The first-order valence-electron chi connectivity index (χ1n) is 34.7. The number of carbonyl (C=O) groups excluding carboxylic acids is 11. The van der Waals surface area contributed by atoms with Crippen LogP contribution in [0, 0.1) is 35.5 Å². The molecule has 4 N–H and O–H groups in total. The molecule has 0 saturated carbocycles. The zero-order valence-electron chi connectivity index (χ0n) is 63.1.